The summed E-state index contributed by atoms with van der Waals surface area (Å²) in [5.74, 6) is 0.755. The van der Waals surface area contributed by atoms with Crippen molar-refractivity contribution in [3.05, 3.63) is 64.2 Å². The first kappa shape index (κ1) is 19.2. The highest BCUT2D eigenvalue weighted by molar-refractivity contribution is 5.82. The quantitative estimate of drug-likeness (QED) is 0.354. The van der Waals surface area contributed by atoms with Crippen molar-refractivity contribution in [1.82, 2.24) is 20.6 Å². The Morgan fingerprint density at radius 3 is 2.68 bits per heavy atom. The lowest BCUT2D eigenvalue weighted by atomic mass is 9.95. The number of H-pyrrole nitrogens is 1. The summed E-state index contributed by atoms with van der Waals surface area (Å²) >= 11 is 0. The van der Waals surface area contributed by atoms with Crippen molar-refractivity contribution in [2.45, 2.75) is 26.7 Å². The third kappa shape index (κ3) is 4.06. The van der Waals surface area contributed by atoms with Crippen molar-refractivity contribution in [2.24, 2.45) is 0 Å². The zero-order valence-corrected chi connectivity index (χ0v) is 15.8. The number of nitro groups is 1. The van der Waals surface area contributed by atoms with E-state index in [2.05, 4.69) is 20.6 Å². The molecule has 8 nitrogen and oxygen atoms in total. The molecule has 0 saturated carbocycles. The van der Waals surface area contributed by atoms with Crippen molar-refractivity contribution in [3.63, 3.8) is 0 Å². The second-order valence-electron chi connectivity index (χ2n) is 6.14. The first-order valence-electron chi connectivity index (χ1n) is 9.04. The van der Waals surface area contributed by atoms with Crippen molar-refractivity contribution < 1.29 is 9.66 Å². The van der Waals surface area contributed by atoms with Gasteiger partial charge in [0.05, 0.1) is 11.5 Å². The second-order valence-corrected chi connectivity index (χ2v) is 6.14. The first-order chi connectivity index (χ1) is 13.7. The molecule has 0 aliphatic heterocycles. The summed E-state index contributed by atoms with van der Waals surface area (Å²) in [6.07, 6.45) is 5.17. The van der Waals surface area contributed by atoms with Crippen LogP contribution in [-0.2, 0) is 6.42 Å². The zero-order chi connectivity index (χ0) is 19.9. The molecule has 0 saturated heterocycles. The first-order valence-corrected chi connectivity index (χ1v) is 9.04. The van der Waals surface area contributed by atoms with Crippen molar-refractivity contribution in [3.8, 4) is 28.3 Å². The van der Waals surface area contributed by atoms with Gasteiger partial charge >= 0.3 is 5.69 Å². The Bertz CT molecular complexity index is 984. The maximum Gasteiger partial charge on any atom is 0.311 e. The number of rotatable bonds is 8. The van der Waals surface area contributed by atoms with E-state index in [4.69, 9.17) is 4.74 Å². The molecule has 3 aromatic rings. The topological polar surface area (TPSA) is 107 Å². The lowest BCUT2D eigenvalue weighted by Crippen LogP contribution is -2.03. The van der Waals surface area contributed by atoms with Gasteiger partial charge in [0.1, 0.15) is 0 Å². The van der Waals surface area contributed by atoms with E-state index in [0.29, 0.717) is 30.2 Å². The van der Waals surface area contributed by atoms with Gasteiger partial charge in [-0.3, -0.25) is 10.1 Å². The fourth-order valence-corrected chi connectivity index (χ4v) is 2.94. The number of allylic oxidation sites excluding steroid dienone is 2. The van der Waals surface area contributed by atoms with Gasteiger partial charge in [-0.15, -0.1) is 10.2 Å². The lowest BCUT2D eigenvalue weighted by Gasteiger charge is -2.14. The summed E-state index contributed by atoms with van der Waals surface area (Å²) in [6.45, 7) is 4.30. The molecule has 0 aliphatic carbocycles. The van der Waals surface area contributed by atoms with E-state index >= 15 is 0 Å². The van der Waals surface area contributed by atoms with Gasteiger partial charge in [-0.1, -0.05) is 43.3 Å². The van der Waals surface area contributed by atoms with E-state index in [1.165, 1.54) is 0 Å². The zero-order valence-electron chi connectivity index (χ0n) is 15.8. The maximum absolute atomic E-state index is 11.8. The Kier molecular flexibility index (Phi) is 6.11. The van der Waals surface area contributed by atoms with Crippen LogP contribution in [0.2, 0.25) is 0 Å². The van der Waals surface area contributed by atoms with Crippen molar-refractivity contribution in [2.75, 3.05) is 6.61 Å². The second kappa shape index (κ2) is 8.90. The Morgan fingerprint density at radius 1 is 1.25 bits per heavy atom. The summed E-state index contributed by atoms with van der Waals surface area (Å²) in [7, 11) is 0. The fraction of sp³-hybridized carbons (Fsp3) is 0.250. The molecule has 0 radical (unpaired) electrons. The lowest BCUT2D eigenvalue weighted by molar-refractivity contribution is -0.385. The molecule has 3 rings (SSSR count). The average Bonchev–Trinajstić information content (AvgIpc) is 3.25. The van der Waals surface area contributed by atoms with Crippen LogP contribution in [0.1, 0.15) is 25.8 Å². The van der Waals surface area contributed by atoms with E-state index in [1.807, 2.05) is 56.3 Å². The minimum absolute atomic E-state index is 0.0478. The van der Waals surface area contributed by atoms with Gasteiger partial charge in [-0.25, -0.2) is 0 Å². The molecule has 0 fully saturated rings. The van der Waals surface area contributed by atoms with E-state index in [1.54, 1.807) is 6.07 Å². The monoisotopic (exact) mass is 379 g/mol. The smallest absolute Gasteiger partial charge is 0.311 e. The van der Waals surface area contributed by atoms with E-state index in [9.17, 15) is 10.1 Å². The molecule has 1 heterocycles. The number of hydrogen-bond donors (Lipinski definition) is 1. The average molecular weight is 379 g/mol. The van der Waals surface area contributed by atoms with Crippen molar-refractivity contribution >= 4 is 5.69 Å². The molecule has 28 heavy (non-hydrogen) atoms. The summed E-state index contributed by atoms with van der Waals surface area (Å²) in [5, 5.41) is 25.9. The van der Waals surface area contributed by atoms with Crippen LogP contribution in [0.4, 0.5) is 5.69 Å². The van der Waals surface area contributed by atoms with Crippen LogP contribution in [0, 0.1) is 10.1 Å². The molecule has 1 aromatic heterocycles. The Balaban J connectivity index is 2.20. The molecule has 2 aromatic carbocycles. The molecular weight excluding hydrogens is 358 g/mol. The highest BCUT2D eigenvalue weighted by Crippen LogP contribution is 2.39. The molecule has 0 atom stereocenters. The van der Waals surface area contributed by atoms with E-state index in [0.717, 1.165) is 23.1 Å². The summed E-state index contributed by atoms with van der Waals surface area (Å²) < 4.78 is 5.75. The number of benzene rings is 2. The van der Waals surface area contributed by atoms with Gasteiger partial charge < -0.3 is 4.74 Å². The third-order valence-electron chi connectivity index (χ3n) is 4.19. The van der Waals surface area contributed by atoms with Crippen LogP contribution >= 0.6 is 0 Å². The minimum Gasteiger partial charge on any atom is -0.487 e. The largest absolute Gasteiger partial charge is 0.487 e. The number of nitrogens with one attached hydrogen (secondary N) is 1. The molecule has 0 aliphatic rings. The van der Waals surface area contributed by atoms with Gasteiger partial charge in [-0.2, -0.15) is 5.21 Å². The highest BCUT2D eigenvalue weighted by Gasteiger charge is 2.23. The van der Waals surface area contributed by atoms with Crippen LogP contribution in [0.5, 0.6) is 5.75 Å². The molecule has 0 bridgehead atoms. The number of nitrogens with zero attached hydrogens (tertiary/aromatic N) is 4. The van der Waals surface area contributed by atoms with E-state index < -0.39 is 4.92 Å². The highest BCUT2D eigenvalue weighted by atomic mass is 16.6. The Morgan fingerprint density at radius 2 is 2.04 bits per heavy atom. The number of aromatic nitrogens is 4. The van der Waals surface area contributed by atoms with Gasteiger partial charge in [-0.05, 0) is 42.2 Å². The molecule has 1 N–H and O–H groups in total. The molecule has 0 spiro atoms. The normalized spacial score (nSPS) is 11.1. The van der Waals surface area contributed by atoms with Crippen LogP contribution in [0.3, 0.4) is 0 Å². The van der Waals surface area contributed by atoms with Crippen LogP contribution in [-0.4, -0.2) is 32.2 Å². The van der Waals surface area contributed by atoms with Crippen LogP contribution in [0.25, 0.3) is 22.5 Å². The summed E-state index contributed by atoms with van der Waals surface area (Å²) in [6, 6.07) is 11.0. The fourth-order valence-electron chi connectivity index (χ4n) is 2.94. The van der Waals surface area contributed by atoms with Crippen molar-refractivity contribution in [1.29, 1.82) is 0 Å². The summed E-state index contributed by atoms with van der Waals surface area (Å²) in [5.41, 5.74) is 2.95. The molecule has 144 valence electrons. The minimum atomic E-state index is -0.398. The van der Waals surface area contributed by atoms with Gasteiger partial charge in [0.15, 0.2) is 0 Å². The van der Waals surface area contributed by atoms with Crippen LogP contribution < -0.4 is 4.74 Å². The Hall–Kier alpha value is -3.55. The third-order valence-corrected chi connectivity index (χ3v) is 4.19. The molecule has 0 unspecified atom stereocenters. The standard InChI is InChI=1S/C20H21N5O3/c1-3-5-8-14-12-15(13-18(25(26)27)19(14)28-11-4-2)16-9-6-7-10-17(16)20-21-23-24-22-20/h3,5-7,9-10,12-13H,4,8,11H2,1-2H3,(H,21,22,23,24)/b5-3+. The maximum atomic E-state index is 11.8. The number of tetrazole rings is 1. The number of nitro benzene ring substituents is 1. The number of ether oxygens (including phenoxy) is 1. The van der Waals surface area contributed by atoms with E-state index in [-0.39, 0.29) is 5.69 Å². The van der Waals surface area contributed by atoms with Gasteiger partial charge in [0, 0.05) is 17.2 Å². The summed E-state index contributed by atoms with van der Waals surface area (Å²) in [4.78, 5) is 11.4. The predicted octanol–water partition coefficient (Wildman–Crippen LogP) is 4.35. The molecule has 0 amide bonds. The Labute approximate surface area is 162 Å². The number of hydrogen-bond acceptors (Lipinski definition) is 6. The SMILES string of the molecule is C/C=C/Cc1cc(-c2ccccc2-c2nn[nH]n2)cc([N+](=O)[O-])c1OCCC. The van der Waals surface area contributed by atoms with Gasteiger partial charge in [0.25, 0.3) is 0 Å². The van der Waals surface area contributed by atoms with Crippen LogP contribution in [0.15, 0.2) is 48.6 Å². The number of aromatic amines is 1. The molecular formula is C20H21N5O3. The van der Waals surface area contributed by atoms with Gasteiger partial charge in [0.2, 0.25) is 11.6 Å². The predicted molar refractivity (Wildman–Crippen MR) is 106 cm³/mol. The molecule has 8 heteroatoms.